The summed E-state index contributed by atoms with van der Waals surface area (Å²) < 4.78 is 5.49. The maximum absolute atomic E-state index is 12.4. The highest BCUT2D eigenvalue weighted by Crippen LogP contribution is 2.40. The summed E-state index contributed by atoms with van der Waals surface area (Å²) in [7, 11) is 5.57. The lowest BCUT2D eigenvalue weighted by Gasteiger charge is -2.25. The molecule has 3 heterocycles. The van der Waals surface area contributed by atoms with Gasteiger partial charge in [-0.2, -0.15) is 0 Å². The van der Waals surface area contributed by atoms with Crippen LogP contribution in [0.5, 0.6) is 0 Å². The SMILES string of the molecule is C[C@H]1CCc2c(sc3nc(C[NH+]4CCOCC4)nc(N(C)CC(=O)N(C)C)c23)C1. The van der Waals surface area contributed by atoms with Gasteiger partial charge in [0.25, 0.3) is 0 Å². The fraction of sp³-hybridized carbons (Fsp3) is 0.667. The van der Waals surface area contributed by atoms with E-state index in [1.807, 2.05) is 23.3 Å². The number of morpholine rings is 1. The van der Waals surface area contributed by atoms with Crippen LogP contribution in [-0.4, -0.2) is 74.8 Å². The lowest BCUT2D eigenvalue weighted by Crippen LogP contribution is -3.12. The predicted octanol–water partition coefficient (Wildman–Crippen LogP) is 0.756. The first kappa shape index (κ1) is 20.5. The van der Waals surface area contributed by atoms with E-state index in [4.69, 9.17) is 14.7 Å². The Morgan fingerprint density at radius 2 is 2.00 bits per heavy atom. The number of likely N-dealkylation sites (N-methyl/N-ethyl adjacent to an activating group) is 2. The number of carbonyl (C=O) groups excluding carboxylic acids is 1. The third-order valence-corrected chi connectivity index (χ3v) is 7.17. The van der Waals surface area contributed by atoms with Crippen molar-refractivity contribution in [3.05, 3.63) is 16.3 Å². The number of ether oxygens (including phenoxy) is 1. The fourth-order valence-electron chi connectivity index (χ4n) is 4.20. The molecule has 2 aromatic rings. The van der Waals surface area contributed by atoms with E-state index in [2.05, 4.69) is 6.92 Å². The van der Waals surface area contributed by atoms with Crippen LogP contribution in [0.25, 0.3) is 10.2 Å². The molecule has 1 saturated heterocycles. The number of amides is 1. The van der Waals surface area contributed by atoms with Crippen LogP contribution in [0.4, 0.5) is 5.82 Å². The average molecular weight is 419 g/mol. The normalized spacial score (nSPS) is 19.9. The number of hydrogen-bond donors (Lipinski definition) is 1. The third kappa shape index (κ3) is 4.39. The molecule has 0 saturated carbocycles. The van der Waals surface area contributed by atoms with Crippen LogP contribution in [0.1, 0.15) is 29.6 Å². The molecule has 0 unspecified atom stereocenters. The van der Waals surface area contributed by atoms with E-state index in [0.29, 0.717) is 6.54 Å². The summed E-state index contributed by atoms with van der Waals surface area (Å²) in [4.78, 5) is 30.0. The highest BCUT2D eigenvalue weighted by molar-refractivity contribution is 7.19. The van der Waals surface area contributed by atoms with Crippen molar-refractivity contribution in [3.63, 3.8) is 0 Å². The number of hydrogen-bond acceptors (Lipinski definition) is 6. The molecule has 0 bridgehead atoms. The Labute approximate surface area is 176 Å². The van der Waals surface area contributed by atoms with Crippen LogP contribution in [-0.2, 0) is 28.9 Å². The molecule has 29 heavy (non-hydrogen) atoms. The van der Waals surface area contributed by atoms with Gasteiger partial charge in [0.15, 0.2) is 5.82 Å². The van der Waals surface area contributed by atoms with Crippen molar-refractivity contribution in [1.29, 1.82) is 0 Å². The fourth-order valence-corrected chi connectivity index (χ4v) is 5.60. The Balaban J connectivity index is 1.73. The van der Waals surface area contributed by atoms with Crippen molar-refractivity contribution in [2.24, 2.45) is 5.92 Å². The van der Waals surface area contributed by atoms with Crippen LogP contribution in [0, 0.1) is 5.92 Å². The van der Waals surface area contributed by atoms with Crippen molar-refractivity contribution in [2.75, 3.05) is 58.9 Å². The van der Waals surface area contributed by atoms with E-state index in [1.54, 1.807) is 19.0 Å². The predicted molar refractivity (Wildman–Crippen MR) is 116 cm³/mol. The van der Waals surface area contributed by atoms with Gasteiger partial charge in [-0.15, -0.1) is 11.3 Å². The second-order valence-corrected chi connectivity index (χ2v) is 9.76. The summed E-state index contributed by atoms with van der Waals surface area (Å²) in [5.74, 6) is 2.59. The molecular weight excluding hydrogens is 386 g/mol. The molecule has 1 N–H and O–H groups in total. The molecule has 4 rings (SSSR count). The zero-order valence-electron chi connectivity index (χ0n) is 18.0. The van der Waals surface area contributed by atoms with Crippen LogP contribution in [0.15, 0.2) is 0 Å². The second-order valence-electron chi connectivity index (χ2n) is 8.68. The van der Waals surface area contributed by atoms with Crippen LogP contribution in [0.2, 0.25) is 0 Å². The molecule has 0 aromatic carbocycles. The van der Waals surface area contributed by atoms with Gasteiger partial charge in [0.05, 0.1) is 25.1 Å². The first-order valence-corrected chi connectivity index (χ1v) is 11.4. The van der Waals surface area contributed by atoms with Gasteiger partial charge in [0.2, 0.25) is 5.91 Å². The van der Waals surface area contributed by atoms with Crippen LogP contribution < -0.4 is 9.80 Å². The standard InChI is InChI=1S/C21H31N5O2S/c1-14-5-6-15-16(11-14)29-21-19(15)20(25(4)13-18(27)24(2)3)22-17(23-21)12-26-7-9-28-10-8-26/h14H,5-13H2,1-4H3/p+1/t14-/m0/s1. The largest absolute Gasteiger partial charge is 0.370 e. The molecule has 1 aliphatic carbocycles. The van der Waals surface area contributed by atoms with Gasteiger partial charge < -0.3 is 19.4 Å². The number of aryl methyl sites for hydroxylation is 1. The number of nitrogens with one attached hydrogen (secondary N) is 1. The van der Waals surface area contributed by atoms with Crippen LogP contribution >= 0.6 is 11.3 Å². The van der Waals surface area contributed by atoms with E-state index in [1.165, 1.54) is 27.1 Å². The highest BCUT2D eigenvalue weighted by Gasteiger charge is 2.27. The first-order valence-electron chi connectivity index (χ1n) is 10.6. The Bertz CT molecular complexity index is 891. The minimum absolute atomic E-state index is 0.0809. The van der Waals surface area contributed by atoms with E-state index in [9.17, 15) is 4.79 Å². The van der Waals surface area contributed by atoms with Gasteiger partial charge in [-0.3, -0.25) is 4.79 Å². The Morgan fingerprint density at radius 3 is 2.72 bits per heavy atom. The molecule has 1 amide bonds. The van der Waals surface area contributed by atoms with Gasteiger partial charge >= 0.3 is 0 Å². The number of rotatable bonds is 5. The number of fused-ring (bicyclic) bond motifs is 3. The van der Waals surface area contributed by atoms with Crippen molar-refractivity contribution in [2.45, 2.75) is 32.7 Å². The lowest BCUT2D eigenvalue weighted by atomic mass is 9.89. The molecule has 1 atom stereocenters. The molecule has 7 nitrogen and oxygen atoms in total. The molecule has 1 aliphatic heterocycles. The quantitative estimate of drug-likeness (QED) is 0.777. The highest BCUT2D eigenvalue weighted by atomic mass is 32.1. The summed E-state index contributed by atoms with van der Waals surface area (Å²) in [5.41, 5.74) is 1.41. The maximum Gasteiger partial charge on any atom is 0.241 e. The summed E-state index contributed by atoms with van der Waals surface area (Å²) in [6, 6.07) is 0. The van der Waals surface area contributed by atoms with Crippen molar-refractivity contribution in [1.82, 2.24) is 14.9 Å². The molecule has 158 valence electrons. The minimum Gasteiger partial charge on any atom is -0.370 e. The van der Waals surface area contributed by atoms with Gasteiger partial charge in [0, 0.05) is 26.0 Å². The van der Waals surface area contributed by atoms with E-state index < -0.39 is 0 Å². The maximum atomic E-state index is 12.4. The van der Waals surface area contributed by atoms with E-state index in [-0.39, 0.29) is 5.91 Å². The molecule has 2 aromatic heterocycles. The van der Waals surface area contributed by atoms with Gasteiger partial charge in [-0.25, -0.2) is 9.97 Å². The van der Waals surface area contributed by atoms with Gasteiger partial charge in [-0.05, 0) is 30.7 Å². The summed E-state index contributed by atoms with van der Waals surface area (Å²) in [5, 5.41) is 1.17. The Morgan fingerprint density at radius 1 is 1.24 bits per heavy atom. The van der Waals surface area contributed by atoms with Gasteiger partial charge in [-0.1, -0.05) is 6.92 Å². The smallest absolute Gasteiger partial charge is 0.241 e. The van der Waals surface area contributed by atoms with E-state index in [0.717, 1.165) is 68.1 Å². The monoisotopic (exact) mass is 418 g/mol. The van der Waals surface area contributed by atoms with Crippen molar-refractivity contribution in [3.8, 4) is 0 Å². The molecule has 0 radical (unpaired) electrons. The summed E-state index contributed by atoms with van der Waals surface area (Å²) in [6.45, 7) is 7.04. The molecule has 1 fully saturated rings. The number of carbonyl (C=O) groups is 1. The number of quaternary nitrogens is 1. The number of nitrogens with zero attached hydrogens (tertiary/aromatic N) is 4. The molecular formula is C21H32N5O2S+. The Hall–Kier alpha value is -1.77. The molecule has 8 heteroatoms. The third-order valence-electron chi connectivity index (χ3n) is 6.02. The Kier molecular flexibility index (Phi) is 6.03. The molecule has 0 spiro atoms. The zero-order valence-corrected chi connectivity index (χ0v) is 18.8. The molecule has 2 aliphatic rings. The average Bonchev–Trinajstić information content (AvgIpc) is 3.05. The number of aromatic nitrogens is 2. The second kappa shape index (κ2) is 8.53. The number of anilines is 1. The van der Waals surface area contributed by atoms with Crippen LogP contribution in [0.3, 0.4) is 0 Å². The summed E-state index contributed by atoms with van der Waals surface area (Å²) >= 11 is 1.83. The zero-order chi connectivity index (χ0) is 20.5. The summed E-state index contributed by atoms with van der Waals surface area (Å²) in [6.07, 6.45) is 3.41. The van der Waals surface area contributed by atoms with Crippen molar-refractivity contribution < 1.29 is 14.4 Å². The van der Waals surface area contributed by atoms with E-state index >= 15 is 0 Å². The van der Waals surface area contributed by atoms with Gasteiger partial charge in [0.1, 0.15) is 30.3 Å². The topological polar surface area (TPSA) is 63.0 Å². The first-order chi connectivity index (χ1) is 13.9. The van der Waals surface area contributed by atoms with Crippen molar-refractivity contribution >= 4 is 33.3 Å². The number of thiophene rings is 1. The minimum atomic E-state index is 0.0809. The lowest BCUT2D eigenvalue weighted by molar-refractivity contribution is -0.922.